The summed E-state index contributed by atoms with van der Waals surface area (Å²) in [5, 5.41) is 7.00. The predicted molar refractivity (Wildman–Crippen MR) is 249 cm³/mol. The van der Waals surface area contributed by atoms with E-state index in [4.69, 9.17) is 0 Å². The summed E-state index contributed by atoms with van der Waals surface area (Å²) in [5.41, 5.74) is 11.2. The number of pyridine rings is 2. The summed E-state index contributed by atoms with van der Waals surface area (Å²) in [7, 11) is 0. The van der Waals surface area contributed by atoms with Crippen molar-refractivity contribution in [3.8, 4) is 0 Å². The number of hydrogen-bond donors (Lipinski definition) is 2. The fraction of sp³-hybridized carbons (Fsp3) is 0. The summed E-state index contributed by atoms with van der Waals surface area (Å²) in [6, 6.07) is 65.7. The highest BCUT2D eigenvalue weighted by atomic mass is 15.0. The van der Waals surface area contributed by atoms with Crippen molar-refractivity contribution in [3.05, 3.63) is 251 Å². The maximum absolute atomic E-state index is 4.43. The lowest BCUT2D eigenvalue weighted by Crippen LogP contribution is -1.97. The van der Waals surface area contributed by atoms with E-state index < -0.39 is 0 Å². The van der Waals surface area contributed by atoms with Gasteiger partial charge in [0, 0.05) is 12.4 Å². The first-order valence-corrected chi connectivity index (χ1v) is 19.3. The minimum Gasteiger partial charge on any atom is -0.339 e. The van der Waals surface area contributed by atoms with E-state index in [1.165, 1.54) is 22.3 Å². The standard InChI is InChI=1S/2C27H22N2/c2*1-3-10-22(11-4-1)17-19-24-14-9-15-25(20-18-23-12-5-2-6-13-23)27(24)29-26-16-7-8-21-28-26/h2*1-21H,(H,28,29)/b2*19-17+,20-18+. The van der Waals surface area contributed by atoms with Crippen LogP contribution in [0.25, 0.3) is 48.6 Å². The van der Waals surface area contributed by atoms with Gasteiger partial charge in [-0.1, -0.05) is 218 Å². The second-order valence-corrected chi connectivity index (χ2v) is 13.3. The van der Waals surface area contributed by atoms with Crippen LogP contribution in [0.2, 0.25) is 0 Å². The number of hydrogen-bond acceptors (Lipinski definition) is 4. The summed E-state index contributed by atoms with van der Waals surface area (Å²) in [6.45, 7) is 0. The third-order valence-electron chi connectivity index (χ3n) is 9.11. The molecule has 0 aliphatic heterocycles. The second-order valence-electron chi connectivity index (χ2n) is 13.3. The summed E-state index contributed by atoms with van der Waals surface area (Å²) in [4.78, 5) is 8.87. The highest BCUT2D eigenvalue weighted by Crippen LogP contribution is 2.30. The zero-order chi connectivity index (χ0) is 39.5. The molecule has 58 heavy (non-hydrogen) atoms. The number of anilines is 4. The van der Waals surface area contributed by atoms with Crippen LogP contribution < -0.4 is 10.6 Å². The van der Waals surface area contributed by atoms with E-state index in [2.05, 4.69) is 154 Å². The van der Waals surface area contributed by atoms with Gasteiger partial charge in [-0.25, -0.2) is 9.97 Å². The van der Waals surface area contributed by atoms with Gasteiger partial charge in [0.2, 0.25) is 0 Å². The summed E-state index contributed by atoms with van der Waals surface area (Å²) < 4.78 is 0. The van der Waals surface area contributed by atoms with Crippen LogP contribution in [0.15, 0.2) is 207 Å². The van der Waals surface area contributed by atoms with Crippen molar-refractivity contribution in [2.45, 2.75) is 0 Å². The van der Waals surface area contributed by atoms with Crippen LogP contribution in [-0.4, -0.2) is 9.97 Å². The fourth-order valence-electron chi connectivity index (χ4n) is 6.15. The SMILES string of the molecule is C(=C\c1cccc(/C=C/c2ccccc2)c1Nc1ccccn1)/c1ccccc1.C(=C\c1cccc(/C=C/c2ccccc2)c1Nc1ccccn1)/c1ccccc1. The number of rotatable bonds is 12. The Labute approximate surface area is 342 Å². The van der Waals surface area contributed by atoms with Gasteiger partial charge in [-0.05, 0) is 68.8 Å². The Balaban J connectivity index is 0.000000177. The average molecular weight is 749 g/mol. The first-order chi connectivity index (χ1) is 28.8. The Bertz CT molecular complexity index is 2250. The topological polar surface area (TPSA) is 49.8 Å². The molecule has 0 fully saturated rings. The molecule has 8 aromatic rings. The largest absolute Gasteiger partial charge is 0.339 e. The lowest BCUT2D eigenvalue weighted by Gasteiger charge is -2.13. The Hall–Kier alpha value is -7.82. The number of nitrogens with one attached hydrogen (secondary N) is 2. The molecule has 2 heterocycles. The van der Waals surface area contributed by atoms with Crippen LogP contribution in [0, 0.1) is 0 Å². The third kappa shape index (κ3) is 11.6. The highest BCUT2D eigenvalue weighted by molar-refractivity contribution is 5.88. The van der Waals surface area contributed by atoms with E-state index in [0.29, 0.717) is 0 Å². The average Bonchev–Trinajstić information content (AvgIpc) is 3.29. The molecule has 280 valence electrons. The van der Waals surface area contributed by atoms with E-state index in [-0.39, 0.29) is 0 Å². The van der Waals surface area contributed by atoms with Crippen LogP contribution in [0.1, 0.15) is 44.5 Å². The molecule has 0 radical (unpaired) electrons. The van der Waals surface area contributed by atoms with Gasteiger partial charge in [0.15, 0.2) is 0 Å². The molecule has 0 atom stereocenters. The third-order valence-corrected chi connectivity index (χ3v) is 9.11. The lowest BCUT2D eigenvalue weighted by atomic mass is 10.0. The van der Waals surface area contributed by atoms with Crippen molar-refractivity contribution in [2.75, 3.05) is 10.6 Å². The maximum Gasteiger partial charge on any atom is 0.130 e. The molecule has 6 aromatic carbocycles. The van der Waals surface area contributed by atoms with Crippen LogP contribution in [0.3, 0.4) is 0 Å². The monoisotopic (exact) mass is 748 g/mol. The van der Waals surface area contributed by atoms with Crippen molar-refractivity contribution >= 4 is 71.6 Å². The molecule has 0 saturated carbocycles. The smallest absolute Gasteiger partial charge is 0.130 e. The summed E-state index contributed by atoms with van der Waals surface area (Å²) in [5.74, 6) is 1.64. The van der Waals surface area contributed by atoms with Crippen LogP contribution >= 0.6 is 0 Å². The number of benzene rings is 6. The Morgan fingerprint density at radius 1 is 0.259 bits per heavy atom. The van der Waals surface area contributed by atoms with Crippen molar-refractivity contribution in [2.24, 2.45) is 0 Å². The van der Waals surface area contributed by atoms with E-state index in [9.17, 15) is 0 Å². The minimum atomic E-state index is 0.822. The Morgan fingerprint density at radius 2 is 0.534 bits per heavy atom. The molecule has 2 N–H and O–H groups in total. The van der Waals surface area contributed by atoms with E-state index in [1.54, 1.807) is 12.4 Å². The van der Waals surface area contributed by atoms with Gasteiger partial charge in [0.25, 0.3) is 0 Å². The van der Waals surface area contributed by atoms with Gasteiger partial charge in [0.1, 0.15) is 11.6 Å². The van der Waals surface area contributed by atoms with Gasteiger partial charge in [-0.3, -0.25) is 0 Å². The van der Waals surface area contributed by atoms with Crippen LogP contribution in [0.4, 0.5) is 23.0 Å². The molecule has 0 aliphatic rings. The van der Waals surface area contributed by atoms with E-state index in [1.807, 2.05) is 109 Å². The molecule has 4 nitrogen and oxygen atoms in total. The zero-order valence-electron chi connectivity index (χ0n) is 32.1. The van der Waals surface area contributed by atoms with E-state index >= 15 is 0 Å². The molecule has 0 unspecified atom stereocenters. The normalized spacial score (nSPS) is 11.2. The molecule has 0 spiro atoms. The number of aromatic nitrogens is 2. The summed E-state index contributed by atoms with van der Waals surface area (Å²) in [6.07, 6.45) is 20.7. The van der Waals surface area contributed by atoms with E-state index in [0.717, 1.165) is 45.3 Å². The molecular weight excluding hydrogens is 705 g/mol. The number of para-hydroxylation sites is 2. The predicted octanol–water partition coefficient (Wildman–Crippen LogP) is 14.3. The van der Waals surface area contributed by atoms with Crippen LogP contribution in [-0.2, 0) is 0 Å². The molecular formula is C54H44N4. The first kappa shape index (κ1) is 38.5. The maximum atomic E-state index is 4.43. The van der Waals surface area contributed by atoms with Gasteiger partial charge in [-0.2, -0.15) is 0 Å². The fourth-order valence-corrected chi connectivity index (χ4v) is 6.15. The van der Waals surface area contributed by atoms with Gasteiger partial charge >= 0.3 is 0 Å². The number of nitrogens with zero attached hydrogens (tertiary/aromatic N) is 2. The van der Waals surface area contributed by atoms with Gasteiger partial charge in [-0.15, -0.1) is 0 Å². The Kier molecular flexibility index (Phi) is 13.8. The van der Waals surface area contributed by atoms with Gasteiger partial charge in [0.05, 0.1) is 11.4 Å². The molecule has 0 bridgehead atoms. The van der Waals surface area contributed by atoms with Crippen molar-refractivity contribution in [1.29, 1.82) is 0 Å². The lowest BCUT2D eigenvalue weighted by molar-refractivity contribution is 1.30. The highest BCUT2D eigenvalue weighted by Gasteiger charge is 2.08. The molecule has 0 amide bonds. The minimum absolute atomic E-state index is 0.822. The quantitative estimate of drug-likeness (QED) is 0.122. The van der Waals surface area contributed by atoms with Gasteiger partial charge < -0.3 is 10.6 Å². The molecule has 4 heteroatoms. The van der Waals surface area contributed by atoms with Crippen molar-refractivity contribution in [1.82, 2.24) is 9.97 Å². The van der Waals surface area contributed by atoms with Crippen molar-refractivity contribution in [3.63, 3.8) is 0 Å². The summed E-state index contributed by atoms with van der Waals surface area (Å²) >= 11 is 0. The molecule has 0 saturated heterocycles. The molecule has 0 aliphatic carbocycles. The Morgan fingerprint density at radius 3 is 0.793 bits per heavy atom. The van der Waals surface area contributed by atoms with Crippen molar-refractivity contribution < 1.29 is 0 Å². The first-order valence-electron chi connectivity index (χ1n) is 19.3. The molecule has 8 rings (SSSR count). The molecule has 2 aromatic heterocycles. The second kappa shape index (κ2) is 20.7. The van der Waals surface area contributed by atoms with Crippen LogP contribution in [0.5, 0.6) is 0 Å². The zero-order valence-corrected chi connectivity index (χ0v) is 32.1.